The Morgan fingerprint density at radius 3 is 2.52 bits per heavy atom. The predicted octanol–water partition coefficient (Wildman–Crippen LogP) is 2.67. The molecule has 0 radical (unpaired) electrons. The summed E-state index contributed by atoms with van der Waals surface area (Å²) in [4.78, 5) is 25.2. The van der Waals surface area contributed by atoms with E-state index < -0.39 is 0 Å². The molecule has 134 valence electrons. The lowest BCUT2D eigenvalue weighted by atomic mass is 9.69. The molecular weight excluding hydrogens is 314 g/mol. The predicted molar refractivity (Wildman–Crippen MR) is 98.3 cm³/mol. The van der Waals surface area contributed by atoms with Crippen LogP contribution in [-0.2, 0) is 18.4 Å². The van der Waals surface area contributed by atoms with Gasteiger partial charge in [0.2, 0.25) is 5.91 Å². The zero-order chi connectivity index (χ0) is 18.0. The fourth-order valence-electron chi connectivity index (χ4n) is 5.32. The molecule has 5 heteroatoms. The van der Waals surface area contributed by atoms with Crippen LogP contribution >= 0.6 is 0 Å². The summed E-state index contributed by atoms with van der Waals surface area (Å²) in [7, 11) is 1.75. The van der Waals surface area contributed by atoms with Crippen molar-refractivity contribution >= 4 is 16.9 Å². The van der Waals surface area contributed by atoms with Gasteiger partial charge in [-0.3, -0.25) is 13.9 Å². The highest BCUT2D eigenvalue weighted by atomic mass is 16.2. The van der Waals surface area contributed by atoms with Crippen molar-refractivity contribution in [2.45, 2.75) is 52.6 Å². The number of aryl methyl sites for hydroxylation is 1. The van der Waals surface area contributed by atoms with E-state index in [1.54, 1.807) is 16.2 Å². The molecule has 1 amide bonds. The molecule has 0 spiro atoms. The Bertz CT molecular complexity index is 907. The maximum Gasteiger partial charge on any atom is 0.329 e. The number of carbonyl (C=O) groups is 1. The first-order valence-corrected chi connectivity index (χ1v) is 9.19. The molecule has 1 heterocycles. The van der Waals surface area contributed by atoms with Crippen LogP contribution in [0.1, 0.15) is 40.0 Å². The van der Waals surface area contributed by atoms with Gasteiger partial charge in [-0.05, 0) is 48.1 Å². The molecule has 5 nitrogen and oxygen atoms in total. The van der Waals surface area contributed by atoms with Crippen LogP contribution < -0.4 is 11.0 Å². The zero-order valence-electron chi connectivity index (χ0n) is 15.5. The van der Waals surface area contributed by atoms with Gasteiger partial charge in [0.05, 0.1) is 11.0 Å². The molecule has 1 N–H and O–H groups in total. The number of carbonyl (C=O) groups excluding carboxylic acids is 1. The molecule has 0 aliphatic heterocycles. The smallest absolute Gasteiger partial charge is 0.329 e. The molecular formula is C20H27N3O2. The normalized spacial score (nSPS) is 30.1. The second-order valence-corrected chi connectivity index (χ2v) is 8.65. The molecule has 2 bridgehead atoms. The first kappa shape index (κ1) is 16.4. The van der Waals surface area contributed by atoms with Gasteiger partial charge in [0.15, 0.2) is 0 Å². The molecule has 2 aliphatic rings. The summed E-state index contributed by atoms with van der Waals surface area (Å²) in [5.41, 5.74) is 1.94. The van der Waals surface area contributed by atoms with Crippen LogP contribution in [0, 0.1) is 16.7 Å². The highest BCUT2D eigenvalue weighted by Gasteiger charge is 2.61. The standard InChI is InChI=1S/C20H27N3O2/c1-19(2)13-9-10-20(19,3)16(11-13)21-17(24)12-23-15-8-6-5-7-14(15)22(4)18(23)25/h5-8,13,16H,9-12H2,1-4H3,(H,21,24)/t13-,16-,20-/m1/s1. The monoisotopic (exact) mass is 341 g/mol. The lowest BCUT2D eigenvalue weighted by Gasteiger charge is -2.39. The molecule has 0 saturated heterocycles. The number of para-hydroxylation sites is 2. The van der Waals surface area contributed by atoms with Crippen LogP contribution in [0.5, 0.6) is 0 Å². The number of aromatic nitrogens is 2. The maximum atomic E-state index is 12.7. The van der Waals surface area contributed by atoms with Gasteiger partial charge in [0, 0.05) is 13.1 Å². The topological polar surface area (TPSA) is 56.0 Å². The molecule has 2 saturated carbocycles. The van der Waals surface area contributed by atoms with E-state index >= 15 is 0 Å². The van der Waals surface area contributed by atoms with E-state index in [0.717, 1.165) is 17.5 Å². The van der Waals surface area contributed by atoms with E-state index in [0.29, 0.717) is 5.92 Å². The number of hydrogen-bond donors (Lipinski definition) is 1. The molecule has 0 unspecified atom stereocenters. The zero-order valence-corrected chi connectivity index (χ0v) is 15.5. The molecule has 25 heavy (non-hydrogen) atoms. The van der Waals surface area contributed by atoms with Gasteiger partial charge in [-0.1, -0.05) is 32.9 Å². The minimum atomic E-state index is -0.143. The Balaban J connectivity index is 1.57. The fourth-order valence-corrected chi connectivity index (χ4v) is 5.32. The van der Waals surface area contributed by atoms with Gasteiger partial charge in [-0.2, -0.15) is 0 Å². The van der Waals surface area contributed by atoms with Crippen LogP contribution in [0.25, 0.3) is 11.0 Å². The second-order valence-electron chi connectivity index (χ2n) is 8.65. The number of rotatable bonds is 3. The van der Waals surface area contributed by atoms with Gasteiger partial charge in [0.25, 0.3) is 0 Å². The maximum absolute atomic E-state index is 12.7. The number of fused-ring (bicyclic) bond motifs is 3. The van der Waals surface area contributed by atoms with Gasteiger partial charge >= 0.3 is 5.69 Å². The quantitative estimate of drug-likeness (QED) is 0.933. The number of hydrogen-bond acceptors (Lipinski definition) is 2. The van der Waals surface area contributed by atoms with Crippen molar-refractivity contribution in [2.75, 3.05) is 0 Å². The van der Waals surface area contributed by atoms with Crippen molar-refractivity contribution in [1.29, 1.82) is 0 Å². The van der Waals surface area contributed by atoms with Crippen molar-refractivity contribution in [3.63, 3.8) is 0 Å². The number of nitrogens with zero attached hydrogens (tertiary/aromatic N) is 2. The summed E-state index contributed by atoms with van der Waals surface area (Å²) in [6.07, 6.45) is 3.49. The van der Waals surface area contributed by atoms with Crippen molar-refractivity contribution in [3.8, 4) is 0 Å². The first-order chi connectivity index (χ1) is 11.8. The van der Waals surface area contributed by atoms with Crippen LogP contribution in [0.4, 0.5) is 0 Å². The van der Waals surface area contributed by atoms with Crippen molar-refractivity contribution in [3.05, 3.63) is 34.7 Å². The summed E-state index contributed by atoms with van der Waals surface area (Å²) in [6, 6.07) is 7.82. The van der Waals surface area contributed by atoms with E-state index in [2.05, 4.69) is 26.1 Å². The van der Waals surface area contributed by atoms with Gasteiger partial charge in [-0.15, -0.1) is 0 Å². The Morgan fingerprint density at radius 1 is 1.24 bits per heavy atom. The summed E-state index contributed by atoms with van der Waals surface area (Å²) >= 11 is 0. The lowest BCUT2D eigenvalue weighted by Crippen LogP contribution is -2.48. The molecule has 2 aromatic rings. The molecule has 3 atom stereocenters. The van der Waals surface area contributed by atoms with E-state index in [1.807, 2.05) is 24.3 Å². The van der Waals surface area contributed by atoms with Crippen LogP contribution in [0.2, 0.25) is 0 Å². The van der Waals surface area contributed by atoms with E-state index in [4.69, 9.17) is 0 Å². The lowest BCUT2D eigenvalue weighted by molar-refractivity contribution is -0.123. The van der Waals surface area contributed by atoms with Crippen LogP contribution in [-0.4, -0.2) is 21.1 Å². The van der Waals surface area contributed by atoms with Crippen LogP contribution in [0.15, 0.2) is 29.1 Å². The van der Waals surface area contributed by atoms with Crippen molar-refractivity contribution < 1.29 is 4.79 Å². The second kappa shape index (κ2) is 5.23. The van der Waals surface area contributed by atoms with Crippen molar-refractivity contribution in [2.24, 2.45) is 23.8 Å². The molecule has 1 aromatic carbocycles. The van der Waals surface area contributed by atoms with Gasteiger partial charge in [0.1, 0.15) is 6.54 Å². The van der Waals surface area contributed by atoms with Gasteiger partial charge in [-0.25, -0.2) is 4.79 Å². The molecule has 1 aromatic heterocycles. The average Bonchev–Trinajstić information content (AvgIpc) is 3.02. The number of imidazole rings is 1. The summed E-state index contributed by atoms with van der Waals surface area (Å²) in [5, 5.41) is 3.25. The largest absolute Gasteiger partial charge is 0.351 e. The Hall–Kier alpha value is -2.04. The Kier molecular flexibility index (Phi) is 3.44. The average molecular weight is 341 g/mol. The number of amides is 1. The SMILES string of the molecule is Cn1c(=O)n(CC(=O)N[C@@H]2C[C@H]3CC[C@@]2(C)C3(C)C)c2ccccc21. The fraction of sp³-hybridized carbons (Fsp3) is 0.600. The van der Waals surface area contributed by atoms with E-state index in [9.17, 15) is 9.59 Å². The number of benzene rings is 1. The Labute approximate surface area is 148 Å². The highest BCUT2D eigenvalue weighted by Crippen LogP contribution is 2.65. The summed E-state index contributed by atoms with van der Waals surface area (Å²) < 4.78 is 3.18. The van der Waals surface area contributed by atoms with E-state index in [1.165, 1.54) is 12.8 Å². The van der Waals surface area contributed by atoms with E-state index in [-0.39, 0.29) is 35.0 Å². The van der Waals surface area contributed by atoms with Crippen molar-refractivity contribution in [1.82, 2.24) is 14.5 Å². The third kappa shape index (κ3) is 2.14. The number of nitrogens with one attached hydrogen (secondary N) is 1. The minimum absolute atomic E-state index is 0.0620. The summed E-state index contributed by atoms with van der Waals surface area (Å²) in [5.74, 6) is 0.621. The molecule has 2 aliphatic carbocycles. The third-order valence-electron chi connectivity index (χ3n) is 7.48. The summed E-state index contributed by atoms with van der Waals surface area (Å²) in [6.45, 7) is 7.07. The highest BCUT2D eigenvalue weighted by molar-refractivity contribution is 5.81. The molecule has 2 fully saturated rings. The minimum Gasteiger partial charge on any atom is -0.351 e. The third-order valence-corrected chi connectivity index (χ3v) is 7.48. The van der Waals surface area contributed by atoms with Gasteiger partial charge < -0.3 is 5.32 Å². The molecule has 4 rings (SSSR count). The van der Waals surface area contributed by atoms with Crippen LogP contribution in [0.3, 0.4) is 0 Å². The first-order valence-electron chi connectivity index (χ1n) is 9.19. The Morgan fingerprint density at radius 2 is 1.92 bits per heavy atom.